The van der Waals surface area contributed by atoms with Crippen LogP contribution >= 0.6 is 0 Å². The Labute approximate surface area is 131 Å². The fourth-order valence-corrected chi connectivity index (χ4v) is 3.58. The monoisotopic (exact) mass is 291 g/mol. The number of nitrogens with zero attached hydrogens (tertiary/aromatic N) is 2. The predicted octanol–water partition coefficient (Wildman–Crippen LogP) is 4.93. The van der Waals surface area contributed by atoms with Gasteiger partial charge in [0.2, 0.25) is 0 Å². The van der Waals surface area contributed by atoms with Crippen LogP contribution in [-0.2, 0) is 0 Å². The zero-order chi connectivity index (χ0) is 14.9. The average Bonchev–Trinajstić information content (AvgIpc) is 2.99. The van der Waals surface area contributed by atoms with E-state index >= 15 is 0 Å². The van der Waals surface area contributed by atoms with E-state index in [9.17, 15) is 0 Å². The van der Waals surface area contributed by atoms with Gasteiger partial charge in [0.1, 0.15) is 11.5 Å². The molecule has 3 nitrogen and oxygen atoms in total. The molecule has 1 fully saturated rings. The van der Waals surface area contributed by atoms with Crippen LogP contribution in [0.4, 0.5) is 0 Å². The Morgan fingerprint density at radius 2 is 1.77 bits per heavy atom. The van der Waals surface area contributed by atoms with E-state index < -0.39 is 0 Å². The molecule has 1 aromatic rings. The van der Waals surface area contributed by atoms with Crippen LogP contribution in [0.25, 0.3) is 22.6 Å². The van der Waals surface area contributed by atoms with Crippen LogP contribution < -0.4 is 0 Å². The van der Waals surface area contributed by atoms with Gasteiger partial charge in [-0.05, 0) is 25.8 Å². The molecule has 3 aliphatic rings. The molecule has 2 heterocycles. The number of nitrogens with one attached hydrogen (secondary N) is 1. The van der Waals surface area contributed by atoms with E-state index in [4.69, 9.17) is 9.97 Å². The standard InChI is InChI=1S/C19H21N3/c1-13-20-17-12-16(14-8-4-2-5-9-14)22-19(17)18(21-13)15-10-6-3-7-11-15/h2,4-5,8-9,12,15H,3,6-7,10-11H2,1H3,(H,20,21). The van der Waals surface area contributed by atoms with E-state index in [-0.39, 0.29) is 0 Å². The van der Waals surface area contributed by atoms with Gasteiger partial charge in [0, 0.05) is 11.5 Å². The minimum absolute atomic E-state index is 0.572. The molecule has 0 amide bonds. The van der Waals surface area contributed by atoms with E-state index in [2.05, 4.69) is 35.3 Å². The van der Waals surface area contributed by atoms with Gasteiger partial charge in [-0.15, -0.1) is 0 Å². The summed E-state index contributed by atoms with van der Waals surface area (Å²) >= 11 is 0. The van der Waals surface area contributed by atoms with E-state index in [0.717, 1.165) is 22.9 Å². The molecule has 0 unspecified atom stereocenters. The maximum atomic E-state index is 4.91. The molecule has 0 atom stereocenters. The van der Waals surface area contributed by atoms with Crippen LogP contribution in [0.15, 0.2) is 36.4 Å². The number of aromatic amines is 1. The summed E-state index contributed by atoms with van der Waals surface area (Å²) in [5.74, 6) is 1.56. The minimum atomic E-state index is 0.572. The van der Waals surface area contributed by atoms with E-state index in [1.165, 1.54) is 43.4 Å². The minimum Gasteiger partial charge on any atom is -0.342 e. The Balaban J connectivity index is 1.82. The van der Waals surface area contributed by atoms with Crippen molar-refractivity contribution < 1.29 is 0 Å². The molecule has 22 heavy (non-hydrogen) atoms. The number of hydrogen-bond acceptors (Lipinski definition) is 2. The van der Waals surface area contributed by atoms with Crippen LogP contribution in [0.1, 0.15) is 49.5 Å². The molecule has 0 bridgehead atoms. The van der Waals surface area contributed by atoms with E-state index in [1.807, 2.05) is 13.0 Å². The summed E-state index contributed by atoms with van der Waals surface area (Å²) in [6.07, 6.45) is 6.49. The first-order valence-electron chi connectivity index (χ1n) is 8.24. The summed E-state index contributed by atoms with van der Waals surface area (Å²) in [6, 6.07) is 12.5. The summed E-state index contributed by atoms with van der Waals surface area (Å²) in [4.78, 5) is 13.1. The first-order valence-corrected chi connectivity index (χ1v) is 8.24. The Hall–Kier alpha value is -2.16. The first kappa shape index (κ1) is 13.5. The van der Waals surface area contributed by atoms with Crippen LogP contribution in [0.5, 0.6) is 0 Å². The highest BCUT2D eigenvalue weighted by Gasteiger charge is 2.24. The highest BCUT2D eigenvalue weighted by molar-refractivity contribution is 5.72. The number of fused-ring (bicyclic) bond motifs is 1. The molecule has 1 N–H and O–H groups in total. The van der Waals surface area contributed by atoms with E-state index in [0.29, 0.717) is 5.92 Å². The second-order valence-electron chi connectivity index (χ2n) is 6.31. The van der Waals surface area contributed by atoms with Crippen LogP contribution in [0.3, 0.4) is 0 Å². The number of hydrogen-bond donors (Lipinski definition) is 1. The molecule has 3 heteroatoms. The molecule has 0 radical (unpaired) electrons. The van der Waals surface area contributed by atoms with Crippen molar-refractivity contribution in [2.45, 2.75) is 44.9 Å². The van der Waals surface area contributed by atoms with Gasteiger partial charge in [-0.3, -0.25) is 0 Å². The van der Waals surface area contributed by atoms with Crippen molar-refractivity contribution >= 4 is 0 Å². The molecule has 4 rings (SSSR count). The highest BCUT2D eigenvalue weighted by Crippen LogP contribution is 2.38. The lowest BCUT2D eigenvalue weighted by molar-refractivity contribution is 0.436. The topological polar surface area (TPSA) is 41.6 Å². The Morgan fingerprint density at radius 3 is 2.55 bits per heavy atom. The Morgan fingerprint density at radius 1 is 1.00 bits per heavy atom. The summed E-state index contributed by atoms with van der Waals surface area (Å²) < 4.78 is 0. The predicted molar refractivity (Wildman–Crippen MR) is 89.0 cm³/mol. The van der Waals surface area contributed by atoms with Crippen LogP contribution in [0.2, 0.25) is 0 Å². The fourth-order valence-electron chi connectivity index (χ4n) is 3.58. The maximum absolute atomic E-state index is 4.91. The highest BCUT2D eigenvalue weighted by atomic mass is 14.9. The number of H-pyrrole nitrogens is 1. The normalized spacial score (nSPS) is 16.2. The van der Waals surface area contributed by atoms with Crippen molar-refractivity contribution in [1.82, 2.24) is 15.0 Å². The van der Waals surface area contributed by atoms with Crippen molar-refractivity contribution in [2.24, 2.45) is 0 Å². The molecular formula is C19H21N3. The molecule has 112 valence electrons. The third kappa shape index (κ3) is 2.41. The van der Waals surface area contributed by atoms with Crippen LogP contribution in [-0.4, -0.2) is 15.0 Å². The lowest BCUT2D eigenvalue weighted by Gasteiger charge is -2.22. The van der Waals surface area contributed by atoms with Gasteiger partial charge in [-0.25, -0.2) is 9.97 Å². The molecule has 2 aliphatic heterocycles. The van der Waals surface area contributed by atoms with Crippen molar-refractivity contribution in [3.8, 4) is 22.6 Å². The summed E-state index contributed by atoms with van der Waals surface area (Å²) in [7, 11) is 0. The zero-order valence-electron chi connectivity index (χ0n) is 13.0. The number of aryl methyl sites for hydroxylation is 1. The molecule has 0 spiro atoms. The summed E-state index contributed by atoms with van der Waals surface area (Å²) in [5.41, 5.74) is 5.59. The van der Waals surface area contributed by atoms with Gasteiger partial charge in [0.05, 0.1) is 17.1 Å². The number of aromatic nitrogens is 3. The number of rotatable bonds is 2. The van der Waals surface area contributed by atoms with Crippen molar-refractivity contribution in [1.29, 1.82) is 0 Å². The molecular weight excluding hydrogens is 270 g/mol. The molecule has 0 saturated heterocycles. The third-order valence-corrected chi connectivity index (χ3v) is 4.68. The van der Waals surface area contributed by atoms with Gasteiger partial charge in [0.25, 0.3) is 0 Å². The lowest BCUT2D eigenvalue weighted by Crippen LogP contribution is -2.10. The van der Waals surface area contributed by atoms with Gasteiger partial charge >= 0.3 is 0 Å². The molecule has 0 aromatic heterocycles. The smallest absolute Gasteiger partial charge is 0.109 e. The largest absolute Gasteiger partial charge is 0.342 e. The lowest BCUT2D eigenvalue weighted by atomic mass is 9.85. The average molecular weight is 291 g/mol. The van der Waals surface area contributed by atoms with E-state index in [1.54, 1.807) is 0 Å². The quantitative estimate of drug-likeness (QED) is 0.727. The van der Waals surface area contributed by atoms with Crippen molar-refractivity contribution in [3.63, 3.8) is 0 Å². The van der Waals surface area contributed by atoms with Crippen LogP contribution in [0, 0.1) is 6.92 Å². The van der Waals surface area contributed by atoms with Gasteiger partial charge in [-0.2, -0.15) is 0 Å². The zero-order valence-corrected chi connectivity index (χ0v) is 13.0. The number of benzene rings is 1. The molecule has 1 saturated carbocycles. The second-order valence-corrected chi connectivity index (χ2v) is 6.31. The maximum Gasteiger partial charge on any atom is 0.109 e. The van der Waals surface area contributed by atoms with Gasteiger partial charge in [-0.1, -0.05) is 49.6 Å². The van der Waals surface area contributed by atoms with Gasteiger partial charge in [0.15, 0.2) is 0 Å². The van der Waals surface area contributed by atoms with Gasteiger partial charge < -0.3 is 4.98 Å². The summed E-state index contributed by atoms with van der Waals surface area (Å²) in [6.45, 7) is 2.04. The Bertz CT molecular complexity index is 739. The van der Waals surface area contributed by atoms with Crippen molar-refractivity contribution in [3.05, 3.63) is 47.9 Å². The Kier molecular flexibility index (Phi) is 3.41. The third-order valence-electron chi connectivity index (χ3n) is 4.68. The second kappa shape index (κ2) is 5.56. The molecule has 1 aromatic carbocycles. The summed E-state index contributed by atoms with van der Waals surface area (Å²) in [5, 5.41) is 0. The SMILES string of the molecule is Cc1nc(C2CCCCC2)c2nc(-c3ccccc3)cc-2[nH]1. The van der Waals surface area contributed by atoms with Crippen molar-refractivity contribution in [2.75, 3.05) is 0 Å². The molecule has 1 aliphatic carbocycles. The fraction of sp³-hybridized carbons (Fsp3) is 0.368. The first-order chi connectivity index (χ1) is 10.8.